The Labute approximate surface area is 129 Å². The molecule has 4 nitrogen and oxygen atoms in total. The molecular formula is C16H18N3OS+. The number of thiocarbonyl (C=S) groups is 1. The summed E-state index contributed by atoms with van der Waals surface area (Å²) in [5.41, 5.74) is 10.2. The van der Waals surface area contributed by atoms with Gasteiger partial charge in [0.25, 0.3) is 0 Å². The fraction of sp³-hybridized carbons (Fsp3) is 0.125. The second kappa shape index (κ2) is 8.01. The van der Waals surface area contributed by atoms with Crippen LogP contribution >= 0.6 is 12.2 Å². The van der Waals surface area contributed by atoms with E-state index in [1.54, 1.807) is 6.21 Å². The van der Waals surface area contributed by atoms with Gasteiger partial charge in [-0.25, -0.2) is 0 Å². The summed E-state index contributed by atoms with van der Waals surface area (Å²) in [6.45, 7) is 0.623. The van der Waals surface area contributed by atoms with Crippen LogP contribution in [0.5, 0.6) is 5.75 Å². The van der Waals surface area contributed by atoms with E-state index in [9.17, 15) is 0 Å². The zero-order valence-electron chi connectivity index (χ0n) is 11.6. The van der Waals surface area contributed by atoms with Gasteiger partial charge >= 0.3 is 0 Å². The molecular weight excluding hydrogens is 282 g/mol. The van der Waals surface area contributed by atoms with Crippen molar-refractivity contribution in [1.29, 1.82) is 0 Å². The lowest BCUT2D eigenvalue weighted by Gasteiger charge is -2.07. The third-order valence-electron chi connectivity index (χ3n) is 2.83. The number of hydrogen-bond acceptors (Lipinski definition) is 2. The minimum absolute atomic E-state index is 0.189. The highest BCUT2D eigenvalue weighted by Crippen LogP contribution is 2.15. The molecule has 0 saturated carbocycles. The topological polar surface area (TPSA) is 61.2 Å². The van der Waals surface area contributed by atoms with E-state index in [4.69, 9.17) is 22.7 Å². The summed E-state index contributed by atoms with van der Waals surface area (Å²) in [7, 11) is 0. The Bertz CT molecular complexity index is 614. The highest BCUT2D eigenvalue weighted by molar-refractivity contribution is 7.80. The maximum Gasteiger partial charge on any atom is 0.221 e. The number of hydrazone groups is 1. The molecule has 0 radical (unpaired) electrons. The highest BCUT2D eigenvalue weighted by Gasteiger charge is 2.03. The second-order valence-electron chi connectivity index (χ2n) is 4.40. The number of ether oxygens (including phenoxy) is 1. The molecule has 0 fully saturated rings. The summed E-state index contributed by atoms with van der Waals surface area (Å²) in [6, 6.07) is 18.0. The van der Waals surface area contributed by atoms with Crippen LogP contribution in [0.3, 0.4) is 0 Å². The van der Waals surface area contributed by atoms with Gasteiger partial charge in [-0.3, -0.25) is 0 Å². The highest BCUT2D eigenvalue weighted by atomic mass is 32.1. The summed E-state index contributed by atoms with van der Waals surface area (Å²) in [4.78, 5) is 0. The van der Waals surface area contributed by atoms with Crippen LogP contribution in [0.4, 0.5) is 0 Å². The summed E-state index contributed by atoms with van der Waals surface area (Å²) < 4.78 is 5.84. The third kappa shape index (κ3) is 5.24. The number of rotatable bonds is 6. The van der Waals surface area contributed by atoms with Crippen LogP contribution < -0.4 is 21.0 Å². The normalized spacial score (nSPS) is 10.5. The van der Waals surface area contributed by atoms with Crippen LogP contribution in [0.25, 0.3) is 0 Å². The maximum atomic E-state index is 5.84. The molecule has 0 aliphatic heterocycles. The van der Waals surface area contributed by atoms with Crippen LogP contribution in [0.15, 0.2) is 54.6 Å². The molecule has 0 aromatic heterocycles. The van der Waals surface area contributed by atoms with Crippen molar-refractivity contribution in [2.45, 2.75) is 6.42 Å². The number of nitrogens with one attached hydrogen (secondary N) is 2. The molecule has 0 atom stereocenters. The number of hydrazine groups is 1. The van der Waals surface area contributed by atoms with Gasteiger partial charge in [0, 0.05) is 6.42 Å². The minimum Gasteiger partial charge on any atom is -0.492 e. The van der Waals surface area contributed by atoms with Gasteiger partial charge < -0.3 is 10.5 Å². The first-order valence-electron chi connectivity index (χ1n) is 6.65. The van der Waals surface area contributed by atoms with E-state index in [0.717, 1.165) is 17.7 Å². The Balaban J connectivity index is 1.93. The Morgan fingerprint density at radius 3 is 2.62 bits per heavy atom. The first-order chi connectivity index (χ1) is 10.3. The van der Waals surface area contributed by atoms with E-state index in [2.05, 4.69) is 22.7 Å². The standard InChI is InChI=1S/C16H17N3OS/c17-16(21)19-18-12-14-8-4-5-9-15(14)20-11-10-13-6-2-1-3-7-13/h1-9,12H,10-11H2,(H3,17,19,21)/p+1. The quantitative estimate of drug-likeness (QED) is 0.414. The molecule has 0 bridgehead atoms. The van der Waals surface area contributed by atoms with Crippen molar-refractivity contribution in [2.75, 3.05) is 6.61 Å². The van der Waals surface area contributed by atoms with Gasteiger partial charge in [0.15, 0.2) is 0 Å². The van der Waals surface area contributed by atoms with Crippen LogP contribution in [0, 0.1) is 0 Å². The Morgan fingerprint density at radius 2 is 1.86 bits per heavy atom. The van der Waals surface area contributed by atoms with Gasteiger partial charge in [0.2, 0.25) is 11.3 Å². The van der Waals surface area contributed by atoms with Gasteiger partial charge in [0.1, 0.15) is 5.75 Å². The smallest absolute Gasteiger partial charge is 0.221 e. The van der Waals surface area contributed by atoms with E-state index in [1.807, 2.05) is 42.5 Å². The Morgan fingerprint density at radius 1 is 1.14 bits per heavy atom. The molecule has 0 heterocycles. The van der Waals surface area contributed by atoms with E-state index in [-0.39, 0.29) is 5.11 Å². The summed E-state index contributed by atoms with van der Waals surface area (Å²) >= 11 is 4.72. The number of benzene rings is 2. The largest absolute Gasteiger partial charge is 0.492 e. The molecule has 0 saturated heterocycles. The summed E-state index contributed by atoms with van der Waals surface area (Å²) in [5, 5.41) is 3.02. The van der Waals surface area contributed by atoms with E-state index in [1.165, 1.54) is 5.56 Å². The van der Waals surface area contributed by atoms with Crippen molar-refractivity contribution in [2.24, 2.45) is 5.73 Å². The van der Waals surface area contributed by atoms with Gasteiger partial charge in [-0.05, 0) is 29.9 Å². The molecule has 0 aliphatic rings. The molecule has 0 aliphatic carbocycles. The zero-order chi connectivity index (χ0) is 14.9. The molecule has 21 heavy (non-hydrogen) atoms. The van der Waals surface area contributed by atoms with Crippen molar-refractivity contribution < 1.29 is 9.84 Å². The maximum absolute atomic E-state index is 5.84. The van der Waals surface area contributed by atoms with E-state index < -0.39 is 0 Å². The molecule has 2 aromatic carbocycles. The predicted octanol–water partition coefficient (Wildman–Crippen LogP) is 0.556. The molecule has 5 heteroatoms. The molecule has 0 amide bonds. The predicted molar refractivity (Wildman–Crippen MR) is 88.1 cm³/mol. The molecule has 0 unspecified atom stereocenters. The first kappa shape index (κ1) is 15.0. The monoisotopic (exact) mass is 300 g/mol. The molecule has 2 aromatic rings. The summed E-state index contributed by atoms with van der Waals surface area (Å²) in [6.07, 6.45) is 2.63. The average molecular weight is 300 g/mol. The molecule has 4 N–H and O–H groups in total. The van der Waals surface area contributed by atoms with Crippen molar-refractivity contribution in [3.05, 3.63) is 65.7 Å². The van der Waals surface area contributed by atoms with Gasteiger partial charge in [-0.1, -0.05) is 42.5 Å². The van der Waals surface area contributed by atoms with Crippen LogP contribution in [0.2, 0.25) is 0 Å². The lowest BCUT2D eigenvalue weighted by molar-refractivity contribution is -0.499. The van der Waals surface area contributed by atoms with Crippen LogP contribution in [-0.4, -0.2) is 17.9 Å². The lowest BCUT2D eigenvalue weighted by Crippen LogP contribution is -2.82. The van der Waals surface area contributed by atoms with Gasteiger partial charge in [-0.15, -0.1) is 10.5 Å². The lowest BCUT2D eigenvalue weighted by atomic mass is 10.2. The fourth-order valence-corrected chi connectivity index (χ4v) is 1.90. The Kier molecular flexibility index (Phi) is 5.72. The third-order valence-corrected chi connectivity index (χ3v) is 2.94. The van der Waals surface area contributed by atoms with Gasteiger partial charge in [-0.2, -0.15) is 0 Å². The Hall–Kier alpha value is -2.40. The second-order valence-corrected chi connectivity index (χ2v) is 4.84. The van der Waals surface area contributed by atoms with Crippen LogP contribution in [-0.2, 0) is 6.42 Å². The van der Waals surface area contributed by atoms with E-state index in [0.29, 0.717) is 6.61 Å². The van der Waals surface area contributed by atoms with Crippen molar-refractivity contribution in [1.82, 2.24) is 5.43 Å². The zero-order valence-corrected chi connectivity index (χ0v) is 12.4. The minimum atomic E-state index is 0.189. The van der Waals surface area contributed by atoms with E-state index >= 15 is 0 Å². The summed E-state index contributed by atoms with van der Waals surface area (Å²) in [5.74, 6) is 0.811. The van der Waals surface area contributed by atoms with Crippen molar-refractivity contribution >= 4 is 23.5 Å². The number of para-hydroxylation sites is 1. The first-order valence-corrected chi connectivity index (χ1v) is 7.06. The van der Waals surface area contributed by atoms with Crippen molar-refractivity contribution in [3.63, 3.8) is 0 Å². The average Bonchev–Trinajstić information content (AvgIpc) is 2.49. The molecule has 0 spiro atoms. The van der Waals surface area contributed by atoms with Crippen LogP contribution in [0.1, 0.15) is 11.1 Å². The number of nitrogens with two attached hydrogens (primary N) is 1. The SMILES string of the molecule is NC(=S)N[NH+]=Cc1ccccc1OCCc1ccccc1. The molecule has 2 rings (SSSR count). The van der Waals surface area contributed by atoms with Gasteiger partial charge in [0.05, 0.1) is 12.2 Å². The molecule has 108 valence electrons. The van der Waals surface area contributed by atoms with Crippen molar-refractivity contribution in [3.8, 4) is 5.75 Å². The number of hydrogen-bond donors (Lipinski definition) is 3. The fourth-order valence-electron chi connectivity index (χ4n) is 1.84.